The lowest BCUT2D eigenvalue weighted by atomic mass is 10.2. The van der Waals surface area contributed by atoms with Crippen molar-refractivity contribution in [3.63, 3.8) is 0 Å². The number of nitrogen functional groups attached to an aromatic ring is 1. The Morgan fingerprint density at radius 1 is 1.50 bits per heavy atom. The predicted molar refractivity (Wildman–Crippen MR) is 61.2 cm³/mol. The van der Waals surface area contributed by atoms with E-state index in [-0.39, 0.29) is 12.4 Å². The number of carbonyl (C=O) groups excluding carboxylic acids is 1. The first-order valence-corrected chi connectivity index (χ1v) is 4.93. The number of anilines is 1. The summed E-state index contributed by atoms with van der Waals surface area (Å²) < 4.78 is 4.59. The van der Waals surface area contributed by atoms with Gasteiger partial charge in [-0.2, -0.15) is 0 Å². The van der Waals surface area contributed by atoms with Crippen molar-refractivity contribution in [1.29, 1.82) is 0 Å². The molecule has 0 spiro atoms. The van der Waals surface area contributed by atoms with Crippen LogP contribution >= 0.6 is 24.2 Å². The second-order valence-corrected chi connectivity index (χ2v) is 3.32. The highest BCUT2D eigenvalue weighted by Crippen LogP contribution is 2.21. The largest absolute Gasteiger partial charge is 0.465 e. The molecule has 0 fully saturated rings. The first-order chi connectivity index (χ1) is 6.19. The van der Waals surface area contributed by atoms with Gasteiger partial charge in [-0.3, -0.25) is 0 Å². The summed E-state index contributed by atoms with van der Waals surface area (Å²) in [6.07, 6.45) is 1.94. The maximum absolute atomic E-state index is 11.2. The standard InChI is InChI=1S/C9H11NO2S.ClH/c1-12-9(11)7-5-6(13-2)3-4-8(7)10;/h3-5H,10H2,1-2H3;1H. The summed E-state index contributed by atoms with van der Waals surface area (Å²) in [5, 5.41) is 0. The van der Waals surface area contributed by atoms with Gasteiger partial charge in [-0.25, -0.2) is 4.79 Å². The highest BCUT2D eigenvalue weighted by molar-refractivity contribution is 7.98. The van der Waals surface area contributed by atoms with E-state index >= 15 is 0 Å². The molecule has 1 aromatic rings. The van der Waals surface area contributed by atoms with Crippen molar-refractivity contribution >= 4 is 35.8 Å². The molecule has 0 unspecified atom stereocenters. The molecule has 78 valence electrons. The van der Waals surface area contributed by atoms with E-state index in [9.17, 15) is 4.79 Å². The normalized spacial score (nSPS) is 9.00. The molecule has 14 heavy (non-hydrogen) atoms. The summed E-state index contributed by atoms with van der Waals surface area (Å²) in [7, 11) is 1.34. The van der Waals surface area contributed by atoms with E-state index in [0.717, 1.165) is 4.90 Å². The minimum absolute atomic E-state index is 0. The minimum Gasteiger partial charge on any atom is -0.465 e. The van der Waals surface area contributed by atoms with Crippen molar-refractivity contribution in [2.45, 2.75) is 4.90 Å². The number of hydrogen-bond donors (Lipinski definition) is 1. The van der Waals surface area contributed by atoms with Crippen LogP contribution in [0.4, 0.5) is 5.69 Å². The zero-order valence-corrected chi connectivity index (χ0v) is 9.58. The number of hydrogen-bond acceptors (Lipinski definition) is 4. The van der Waals surface area contributed by atoms with E-state index < -0.39 is 5.97 Å². The lowest BCUT2D eigenvalue weighted by Gasteiger charge is -2.04. The Bertz CT molecular complexity index is 331. The van der Waals surface area contributed by atoms with Crippen molar-refractivity contribution in [3.05, 3.63) is 23.8 Å². The first-order valence-electron chi connectivity index (χ1n) is 3.71. The molecule has 0 radical (unpaired) electrons. The topological polar surface area (TPSA) is 52.3 Å². The number of carbonyl (C=O) groups is 1. The van der Waals surface area contributed by atoms with Gasteiger partial charge in [0.1, 0.15) is 0 Å². The summed E-state index contributed by atoms with van der Waals surface area (Å²) in [5.41, 5.74) is 6.48. The van der Waals surface area contributed by atoms with Crippen LogP contribution in [0.15, 0.2) is 23.1 Å². The van der Waals surface area contributed by atoms with Crippen LogP contribution in [0.3, 0.4) is 0 Å². The SMILES string of the molecule is COC(=O)c1cc(SC)ccc1N.Cl. The van der Waals surface area contributed by atoms with Crippen molar-refractivity contribution in [3.8, 4) is 0 Å². The van der Waals surface area contributed by atoms with Gasteiger partial charge in [-0.05, 0) is 24.5 Å². The third-order valence-electron chi connectivity index (χ3n) is 1.67. The summed E-state index contributed by atoms with van der Waals surface area (Å²) in [6.45, 7) is 0. The van der Waals surface area contributed by atoms with Gasteiger partial charge in [0, 0.05) is 10.6 Å². The quantitative estimate of drug-likeness (QED) is 0.483. The molecule has 3 nitrogen and oxygen atoms in total. The molecule has 0 bridgehead atoms. The molecule has 0 aliphatic carbocycles. The number of rotatable bonds is 2. The number of esters is 1. The first kappa shape index (κ1) is 13.1. The second kappa shape index (κ2) is 5.78. The fraction of sp³-hybridized carbons (Fsp3) is 0.222. The number of benzene rings is 1. The third kappa shape index (κ3) is 2.82. The van der Waals surface area contributed by atoms with E-state index in [2.05, 4.69) is 4.74 Å². The molecule has 5 heteroatoms. The molecule has 0 saturated carbocycles. The maximum atomic E-state index is 11.2. The van der Waals surface area contributed by atoms with Gasteiger partial charge in [-0.15, -0.1) is 24.2 Å². The molecular weight excluding hydrogens is 222 g/mol. The maximum Gasteiger partial charge on any atom is 0.339 e. The number of ether oxygens (including phenoxy) is 1. The summed E-state index contributed by atoms with van der Waals surface area (Å²) in [5.74, 6) is -0.395. The second-order valence-electron chi connectivity index (χ2n) is 2.44. The van der Waals surface area contributed by atoms with Crippen molar-refractivity contribution < 1.29 is 9.53 Å². The Hall–Kier alpha value is -0.870. The summed E-state index contributed by atoms with van der Waals surface area (Å²) in [6, 6.07) is 5.30. The molecule has 0 saturated heterocycles. The smallest absolute Gasteiger partial charge is 0.339 e. The Kier molecular flexibility index (Phi) is 5.42. The van der Waals surface area contributed by atoms with Crippen LogP contribution in [0, 0.1) is 0 Å². The van der Waals surface area contributed by atoms with Crippen molar-refractivity contribution in [1.82, 2.24) is 0 Å². The Morgan fingerprint density at radius 3 is 2.64 bits per heavy atom. The van der Waals surface area contributed by atoms with Gasteiger partial charge in [0.2, 0.25) is 0 Å². The number of halogens is 1. The van der Waals surface area contributed by atoms with E-state index in [1.54, 1.807) is 23.9 Å². The molecule has 2 N–H and O–H groups in total. The lowest BCUT2D eigenvalue weighted by Crippen LogP contribution is -2.05. The minimum atomic E-state index is -0.395. The van der Waals surface area contributed by atoms with Crippen LogP contribution in [0.25, 0.3) is 0 Å². The van der Waals surface area contributed by atoms with Gasteiger partial charge >= 0.3 is 5.97 Å². The van der Waals surface area contributed by atoms with Crippen LogP contribution in [0.2, 0.25) is 0 Å². The third-order valence-corrected chi connectivity index (χ3v) is 2.39. The van der Waals surface area contributed by atoms with Gasteiger partial charge < -0.3 is 10.5 Å². The van der Waals surface area contributed by atoms with E-state index in [1.807, 2.05) is 12.3 Å². The van der Waals surface area contributed by atoms with Crippen LogP contribution in [-0.4, -0.2) is 19.3 Å². The van der Waals surface area contributed by atoms with Gasteiger partial charge in [-0.1, -0.05) is 0 Å². The van der Waals surface area contributed by atoms with Crippen LogP contribution in [-0.2, 0) is 4.74 Å². The van der Waals surface area contributed by atoms with Crippen LogP contribution < -0.4 is 5.73 Å². The molecule has 1 rings (SSSR count). The molecular formula is C9H12ClNO2S. The Balaban J connectivity index is 0.00000169. The van der Waals surface area contributed by atoms with Crippen LogP contribution in [0.1, 0.15) is 10.4 Å². The molecule has 0 aromatic heterocycles. The van der Waals surface area contributed by atoms with Crippen LogP contribution in [0.5, 0.6) is 0 Å². The Labute approximate surface area is 93.4 Å². The summed E-state index contributed by atoms with van der Waals surface area (Å²) in [4.78, 5) is 12.2. The molecule has 0 atom stereocenters. The van der Waals surface area contributed by atoms with E-state index in [4.69, 9.17) is 5.73 Å². The Morgan fingerprint density at radius 2 is 2.14 bits per heavy atom. The summed E-state index contributed by atoms with van der Waals surface area (Å²) >= 11 is 1.56. The fourth-order valence-electron chi connectivity index (χ4n) is 0.949. The molecule has 0 aliphatic rings. The van der Waals surface area contributed by atoms with Gasteiger partial charge in [0.05, 0.1) is 12.7 Å². The fourth-order valence-corrected chi connectivity index (χ4v) is 1.39. The molecule has 0 amide bonds. The van der Waals surface area contributed by atoms with E-state index in [1.165, 1.54) is 7.11 Å². The average molecular weight is 234 g/mol. The van der Waals surface area contributed by atoms with Crippen molar-refractivity contribution in [2.24, 2.45) is 0 Å². The molecule has 0 aliphatic heterocycles. The average Bonchev–Trinajstić information content (AvgIpc) is 2.17. The van der Waals surface area contributed by atoms with E-state index in [0.29, 0.717) is 11.3 Å². The molecule has 0 heterocycles. The highest BCUT2D eigenvalue weighted by atomic mass is 35.5. The lowest BCUT2D eigenvalue weighted by molar-refractivity contribution is 0.0601. The predicted octanol–water partition coefficient (Wildman–Crippen LogP) is 2.20. The molecule has 1 aromatic carbocycles. The monoisotopic (exact) mass is 233 g/mol. The zero-order valence-electron chi connectivity index (χ0n) is 7.94. The van der Waals surface area contributed by atoms with Gasteiger partial charge in [0.25, 0.3) is 0 Å². The number of nitrogens with two attached hydrogens (primary N) is 1. The highest BCUT2D eigenvalue weighted by Gasteiger charge is 2.09. The zero-order chi connectivity index (χ0) is 9.84. The van der Waals surface area contributed by atoms with Gasteiger partial charge in [0.15, 0.2) is 0 Å². The number of thioether (sulfide) groups is 1. The van der Waals surface area contributed by atoms with Crippen molar-refractivity contribution in [2.75, 3.05) is 19.1 Å². The number of methoxy groups -OCH3 is 1.